The smallest absolute Gasteiger partial charge is 0.321 e. The molecule has 0 atom stereocenters. The van der Waals surface area contributed by atoms with Gasteiger partial charge in [0.15, 0.2) is 5.82 Å². The van der Waals surface area contributed by atoms with E-state index in [1.54, 1.807) is 18.2 Å². The van der Waals surface area contributed by atoms with Gasteiger partial charge < -0.3 is 19.7 Å². The van der Waals surface area contributed by atoms with Crippen LogP contribution in [0.5, 0.6) is 6.01 Å². The summed E-state index contributed by atoms with van der Waals surface area (Å²) in [5, 5.41) is 3.31. The molecule has 1 fully saturated rings. The molecule has 162 valence electrons. The zero-order chi connectivity index (χ0) is 21.6. The first-order valence-corrected chi connectivity index (χ1v) is 9.96. The summed E-state index contributed by atoms with van der Waals surface area (Å²) in [6.07, 6.45) is 1.59. The number of fused-ring (bicyclic) bond motifs is 1. The van der Waals surface area contributed by atoms with Crippen LogP contribution in [0.15, 0.2) is 35.4 Å². The van der Waals surface area contributed by atoms with E-state index < -0.39 is 0 Å². The topological polar surface area (TPSA) is 124 Å². The number of nitrogens with zero attached hydrogens (tertiary/aromatic N) is 6. The first-order chi connectivity index (χ1) is 15.1. The molecule has 2 aromatic heterocycles. The second kappa shape index (κ2) is 9.47. The zero-order valence-electron chi connectivity index (χ0n) is 17.2. The van der Waals surface area contributed by atoms with Crippen LogP contribution in [-0.2, 0) is 22.6 Å². The van der Waals surface area contributed by atoms with Crippen molar-refractivity contribution in [3.63, 3.8) is 0 Å². The molecule has 1 saturated heterocycles. The van der Waals surface area contributed by atoms with Crippen LogP contribution < -0.4 is 20.5 Å². The highest BCUT2D eigenvalue weighted by Crippen LogP contribution is 2.13. The van der Waals surface area contributed by atoms with E-state index in [0.29, 0.717) is 49.0 Å². The molecule has 0 unspecified atom stereocenters. The van der Waals surface area contributed by atoms with Crippen LogP contribution in [0.25, 0.3) is 10.9 Å². The van der Waals surface area contributed by atoms with Crippen molar-refractivity contribution in [3.8, 4) is 6.01 Å². The van der Waals surface area contributed by atoms with Gasteiger partial charge in [-0.05, 0) is 12.1 Å². The molecule has 0 bridgehead atoms. The maximum Gasteiger partial charge on any atom is 0.321 e. The van der Waals surface area contributed by atoms with Gasteiger partial charge in [0.1, 0.15) is 0 Å². The summed E-state index contributed by atoms with van der Waals surface area (Å²) in [5.41, 5.74) is 0.462. The molecule has 0 spiro atoms. The maximum absolute atomic E-state index is 12.5. The van der Waals surface area contributed by atoms with E-state index >= 15 is 0 Å². The number of amides is 1. The molecule has 1 aliphatic rings. The van der Waals surface area contributed by atoms with Gasteiger partial charge in [0.05, 0.1) is 44.1 Å². The minimum Gasteiger partial charge on any atom is -0.467 e. The number of methoxy groups -OCH3 is 1. The summed E-state index contributed by atoms with van der Waals surface area (Å²) < 4.78 is 12.0. The van der Waals surface area contributed by atoms with Crippen molar-refractivity contribution >= 4 is 22.8 Å². The Hall–Kier alpha value is -3.60. The number of carbonyl (C=O) groups is 1. The number of carbonyl (C=O) groups excluding carboxylic acids is 1. The molecule has 3 heterocycles. The van der Waals surface area contributed by atoms with Crippen LogP contribution in [0.3, 0.4) is 0 Å². The van der Waals surface area contributed by atoms with Crippen LogP contribution in [0.1, 0.15) is 12.2 Å². The molecule has 1 N–H and O–H groups in total. The Labute approximate surface area is 178 Å². The Morgan fingerprint density at radius 2 is 2.00 bits per heavy atom. The average Bonchev–Trinajstić information content (AvgIpc) is 2.83. The number of rotatable bonds is 7. The minimum absolute atomic E-state index is 0.123. The van der Waals surface area contributed by atoms with Gasteiger partial charge in [-0.25, -0.2) is 4.98 Å². The number of ether oxygens (including phenoxy) is 2. The highest BCUT2D eigenvalue weighted by molar-refractivity contribution is 5.77. The average molecular weight is 425 g/mol. The second-order valence-corrected chi connectivity index (χ2v) is 6.92. The molecule has 1 aromatic carbocycles. The van der Waals surface area contributed by atoms with E-state index in [9.17, 15) is 9.59 Å². The lowest BCUT2D eigenvalue weighted by molar-refractivity contribution is -0.121. The quantitative estimate of drug-likeness (QED) is 0.562. The molecule has 4 rings (SSSR count). The lowest BCUT2D eigenvalue weighted by Gasteiger charge is -2.26. The SMILES string of the molecule is COc1nc(CNC(=O)CCn2cnc3ccccc3c2=O)nc(N2CCOCC2)n1. The Bertz CT molecular complexity index is 1130. The van der Waals surface area contributed by atoms with E-state index in [4.69, 9.17) is 9.47 Å². The molecule has 0 saturated carbocycles. The van der Waals surface area contributed by atoms with Crippen molar-refractivity contribution in [2.75, 3.05) is 38.3 Å². The van der Waals surface area contributed by atoms with Crippen molar-refractivity contribution in [3.05, 3.63) is 46.8 Å². The van der Waals surface area contributed by atoms with E-state index in [1.165, 1.54) is 18.0 Å². The minimum atomic E-state index is -0.229. The predicted molar refractivity (Wildman–Crippen MR) is 112 cm³/mol. The molecule has 0 radical (unpaired) electrons. The van der Waals surface area contributed by atoms with Crippen LogP contribution in [0.4, 0.5) is 5.95 Å². The predicted octanol–water partition coefficient (Wildman–Crippen LogP) is 0.133. The molecule has 1 amide bonds. The van der Waals surface area contributed by atoms with E-state index in [-0.39, 0.29) is 37.0 Å². The van der Waals surface area contributed by atoms with E-state index in [0.717, 1.165) is 0 Å². The zero-order valence-corrected chi connectivity index (χ0v) is 17.2. The Balaban J connectivity index is 1.37. The fraction of sp³-hybridized carbons (Fsp3) is 0.400. The molecule has 11 heteroatoms. The lowest BCUT2D eigenvalue weighted by Crippen LogP contribution is -2.37. The number of aromatic nitrogens is 5. The van der Waals surface area contributed by atoms with Gasteiger partial charge in [-0.3, -0.25) is 14.2 Å². The van der Waals surface area contributed by atoms with Crippen molar-refractivity contribution in [1.82, 2.24) is 29.8 Å². The van der Waals surface area contributed by atoms with Crippen molar-refractivity contribution in [2.24, 2.45) is 0 Å². The summed E-state index contributed by atoms with van der Waals surface area (Å²) in [7, 11) is 1.48. The molecule has 31 heavy (non-hydrogen) atoms. The number of para-hydroxylation sites is 1. The first-order valence-electron chi connectivity index (χ1n) is 9.96. The monoisotopic (exact) mass is 425 g/mol. The third kappa shape index (κ3) is 4.94. The van der Waals surface area contributed by atoms with Crippen molar-refractivity contribution in [2.45, 2.75) is 19.5 Å². The lowest BCUT2D eigenvalue weighted by atomic mass is 10.2. The van der Waals surface area contributed by atoms with Gasteiger partial charge in [0.25, 0.3) is 5.56 Å². The van der Waals surface area contributed by atoms with E-state index in [2.05, 4.69) is 25.3 Å². The number of anilines is 1. The van der Waals surface area contributed by atoms with Gasteiger partial charge in [-0.1, -0.05) is 12.1 Å². The van der Waals surface area contributed by atoms with Crippen molar-refractivity contribution < 1.29 is 14.3 Å². The van der Waals surface area contributed by atoms with Crippen LogP contribution >= 0.6 is 0 Å². The number of morpholine rings is 1. The van der Waals surface area contributed by atoms with Crippen LogP contribution in [0, 0.1) is 0 Å². The summed E-state index contributed by atoms with van der Waals surface area (Å²) in [4.78, 5) is 44.0. The third-order valence-electron chi connectivity index (χ3n) is 4.88. The van der Waals surface area contributed by atoms with Gasteiger partial charge >= 0.3 is 6.01 Å². The van der Waals surface area contributed by atoms with Gasteiger partial charge in [-0.15, -0.1) is 0 Å². The molecule has 3 aromatic rings. The van der Waals surface area contributed by atoms with Crippen molar-refractivity contribution in [1.29, 1.82) is 0 Å². The number of benzene rings is 1. The molecule has 1 aliphatic heterocycles. The summed E-state index contributed by atoms with van der Waals surface area (Å²) in [6, 6.07) is 7.31. The maximum atomic E-state index is 12.5. The number of aryl methyl sites for hydroxylation is 1. The second-order valence-electron chi connectivity index (χ2n) is 6.92. The molecular weight excluding hydrogens is 402 g/mol. The van der Waals surface area contributed by atoms with Crippen LogP contribution in [0.2, 0.25) is 0 Å². The molecular formula is C20H23N7O4. The highest BCUT2D eigenvalue weighted by Gasteiger charge is 2.17. The fourth-order valence-corrected chi connectivity index (χ4v) is 3.21. The third-order valence-corrected chi connectivity index (χ3v) is 4.88. The first kappa shape index (κ1) is 20.7. The number of hydrogen-bond donors (Lipinski definition) is 1. The summed E-state index contributed by atoms with van der Waals surface area (Å²) in [5.74, 6) is 0.659. The van der Waals surface area contributed by atoms with Gasteiger partial charge in [-0.2, -0.15) is 15.0 Å². The molecule has 0 aliphatic carbocycles. The standard InChI is InChI=1S/C20H23N7O4/c1-30-20-24-16(23-19(25-20)26-8-10-31-11-9-26)12-21-17(28)6-7-27-13-22-15-5-3-2-4-14(15)18(27)29/h2-5,13H,6-12H2,1H3,(H,21,28). The highest BCUT2D eigenvalue weighted by atomic mass is 16.5. The fourth-order valence-electron chi connectivity index (χ4n) is 3.21. The van der Waals surface area contributed by atoms with Crippen LogP contribution in [-0.4, -0.2) is 63.8 Å². The molecule has 11 nitrogen and oxygen atoms in total. The number of hydrogen-bond acceptors (Lipinski definition) is 9. The van der Waals surface area contributed by atoms with Gasteiger partial charge in [0, 0.05) is 26.1 Å². The summed E-state index contributed by atoms with van der Waals surface area (Å²) >= 11 is 0. The Morgan fingerprint density at radius 1 is 1.19 bits per heavy atom. The Kier molecular flexibility index (Phi) is 6.32. The Morgan fingerprint density at radius 3 is 2.81 bits per heavy atom. The number of nitrogens with one attached hydrogen (secondary N) is 1. The summed E-state index contributed by atoms with van der Waals surface area (Å²) in [6.45, 7) is 2.90. The van der Waals surface area contributed by atoms with E-state index in [1.807, 2.05) is 11.0 Å². The van der Waals surface area contributed by atoms with Gasteiger partial charge in [0.2, 0.25) is 11.9 Å². The normalized spacial score (nSPS) is 13.9. The largest absolute Gasteiger partial charge is 0.467 e.